The summed E-state index contributed by atoms with van der Waals surface area (Å²) in [4.78, 5) is 23.1. The molecule has 0 heterocycles. The molecule has 0 radical (unpaired) electrons. The third kappa shape index (κ3) is 29.6. The number of unbranched alkanes of at least 4 members (excludes halogenated alkanes) is 19. The van der Waals surface area contributed by atoms with Crippen LogP contribution in [-0.4, -0.2) is 98.9 Å². The van der Waals surface area contributed by atoms with Crippen LogP contribution in [0.4, 0.5) is 0 Å². The summed E-state index contributed by atoms with van der Waals surface area (Å²) in [7, 11) is -5.03. The zero-order chi connectivity index (χ0) is 44.1. The lowest BCUT2D eigenvalue weighted by molar-refractivity contribution is -0.220. The van der Waals surface area contributed by atoms with E-state index >= 15 is 0 Å². The summed E-state index contributed by atoms with van der Waals surface area (Å²) in [6.07, 6.45) is 33.5. The van der Waals surface area contributed by atoms with Gasteiger partial charge in [-0.25, -0.2) is 4.57 Å². The van der Waals surface area contributed by atoms with E-state index in [2.05, 4.69) is 50.3 Å². The lowest BCUT2D eigenvalue weighted by Gasteiger charge is -2.41. The Balaban J connectivity index is 2.38. The molecule has 6 atom stereocenters. The molecule has 350 valence electrons. The Bertz CT molecular complexity index is 1180. The molecule has 1 aliphatic carbocycles. The number of ether oxygens (including phenoxy) is 2. The van der Waals surface area contributed by atoms with E-state index in [1.54, 1.807) is 0 Å². The normalized spacial score (nSPS) is 22.7. The van der Waals surface area contributed by atoms with Gasteiger partial charge in [0.2, 0.25) is 0 Å². The molecule has 1 rings (SSSR count). The molecule has 0 spiro atoms. The molecule has 1 fully saturated rings. The second kappa shape index (κ2) is 37.8. The zero-order valence-electron chi connectivity index (χ0n) is 37.2. The number of carbonyl (C=O) groups is 1. The number of aliphatic hydroxyl groups excluding tert-OH is 5. The number of esters is 1. The van der Waals surface area contributed by atoms with Crippen LogP contribution in [0.1, 0.15) is 181 Å². The Morgan fingerprint density at radius 2 is 0.950 bits per heavy atom. The highest BCUT2D eigenvalue weighted by Gasteiger charge is 2.51. The highest BCUT2D eigenvalue weighted by molar-refractivity contribution is 7.47. The number of hydrogen-bond donors (Lipinski definition) is 6. The summed E-state index contributed by atoms with van der Waals surface area (Å²) in [5, 5.41) is 50.1. The molecule has 0 amide bonds. The molecule has 12 nitrogen and oxygen atoms in total. The highest BCUT2D eigenvalue weighted by Crippen LogP contribution is 2.47. The molecule has 0 saturated heterocycles. The van der Waals surface area contributed by atoms with Crippen molar-refractivity contribution in [2.24, 2.45) is 0 Å². The van der Waals surface area contributed by atoms with E-state index in [-0.39, 0.29) is 13.0 Å². The van der Waals surface area contributed by atoms with Crippen LogP contribution in [0.5, 0.6) is 0 Å². The van der Waals surface area contributed by atoms with Crippen molar-refractivity contribution in [1.82, 2.24) is 0 Å². The monoisotopic (exact) mass is 873 g/mol. The van der Waals surface area contributed by atoms with Crippen LogP contribution in [0.2, 0.25) is 0 Å². The van der Waals surface area contributed by atoms with E-state index in [1.165, 1.54) is 109 Å². The number of aliphatic hydroxyl groups is 5. The number of carbonyl (C=O) groups excluding carboxylic acids is 1. The fraction of sp³-hybridized carbons (Fsp3) is 0.809. The molecule has 6 unspecified atom stereocenters. The first kappa shape index (κ1) is 56.3. The van der Waals surface area contributed by atoms with Crippen LogP contribution in [0, 0.1) is 0 Å². The van der Waals surface area contributed by atoms with Gasteiger partial charge in [0.15, 0.2) is 0 Å². The molecule has 13 heteroatoms. The minimum absolute atomic E-state index is 0.0654. The second-order valence-electron chi connectivity index (χ2n) is 16.2. The molecule has 1 aliphatic rings. The molecule has 0 bridgehead atoms. The van der Waals surface area contributed by atoms with Crippen molar-refractivity contribution in [3.05, 3.63) is 48.6 Å². The number of phosphoric acid groups is 1. The average Bonchev–Trinajstić information content (AvgIpc) is 3.23. The molecular weight excluding hydrogens is 787 g/mol. The predicted molar refractivity (Wildman–Crippen MR) is 239 cm³/mol. The van der Waals surface area contributed by atoms with Crippen LogP contribution in [-0.2, 0) is 27.9 Å². The third-order valence-electron chi connectivity index (χ3n) is 10.7. The summed E-state index contributed by atoms with van der Waals surface area (Å²) in [6, 6.07) is 0. The van der Waals surface area contributed by atoms with Crippen molar-refractivity contribution in [1.29, 1.82) is 0 Å². The highest BCUT2D eigenvalue weighted by atomic mass is 31.2. The molecule has 60 heavy (non-hydrogen) atoms. The van der Waals surface area contributed by atoms with E-state index in [0.717, 1.165) is 44.9 Å². The van der Waals surface area contributed by atoms with E-state index in [9.17, 15) is 39.8 Å². The van der Waals surface area contributed by atoms with E-state index < -0.39 is 63.1 Å². The molecule has 0 aromatic rings. The van der Waals surface area contributed by atoms with Gasteiger partial charge < -0.3 is 39.9 Å². The lowest BCUT2D eigenvalue weighted by atomic mass is 9.85. The largest absolute Gasteiger partial charge is 0.472 e. The summed E-state index contributed by atoms with van der Waals surface area (Å²) in [5.74, 6) is -0.555. The SMILES string of the molecule is CC/C=C\C/C=C\C/C=C\C/C=C\CCC(=O)OC(COCCCCCCCCCCCCCCCCCCCCCC)COP(=O)(O)OC1C(O)C(O)C(O)C(O)C1O. The number of rotatable bonds is 39. The first-order valence-electron chi connectivity index (χ1n) is 23.5. The minimum atomic E-state index is -5.03. The number of phosphoric ester groups is 1. The second-order valence-corrected chi connectivity index (χ2v) is 17.6. The van der Waals surface area contributed by atoms with Crippen molar-refractivity contribution in [2.45, 2.75) is 224 Å². The van der Waals surface area contributed by atoms with Crippen molar-refractivity contribution in [2.75, 3.05) is 19.8 Å². The molecule has 0 aromatic heterocycles. The Labute approximate surface area is 363 Å². The summed E-state index contributed by atoms with van der Waals surface area (Å²) in [5.41, 5.74) is 0. The van der Waals surface area contributed by atoms with E-state index in [1.807, 2.05) is 12.2 Å². The van der Waals surface area contributed by atoms with Gasteiger partial charge >= 0.3 is 13.8 Å². The Morgan fingerprint density at radius 1 is 0.550 bits per heavy atom. The molecule has 0 aliphatic heterocycles. The van der Waals surface area contributed by atoms with Crippen LogP contribution in [0.3, 0.4) is 0 Å². The van der Waals surface area contributed by atoms with Crippen molar-refractivity contribution < 1.29 is 58.3 Å². The topological polar surface area (TPSA) is 192 Å². The number of hydrogen-bond acceptors (Lipinski definition) is 11. The number of allylic oxidation sites excluding steroid dienone is 8. The Hall–Kier alpha value is -1.70. The molecule has 6 N–H and O–H groups in total. The van der Waals surface area contributed by atoms with Crippen molar-refractivity contribution >= 4 is 13.8 Å². The quantitative estimate of drug-likeness (QED) is 0.0149. The van der Waals surface area contributed by atoms with Gasteiger partial charge in [0.1, 0.15) is 42.7 Å². The standard InChI is InChI=1S/C47H85O12P/c1-3-5-7-9-11-13-15-17-18-19-20-21-22-23-25-27-29-31-33-35-37-56-38-40(39-57-60(54,55)59-47-45(52)43(50)42(49)44(51)46(47)53)58-41(48)36-34-32-30-28-26-24-16-14-12-10-8-6-4-2/h6,8,12,14,24,26,30,32,40,42-47,49-53H,3-5,7,9-11,13,15-23,25,27-29,31,33-39H2,1-2H3,(H,54,55)/b8-6-,14-12-,26-24-,32-30-. The maximum absolute atomic E-state index is 12.8. The Morgan fingerprint density at radius 3 is 1.40 bits per heavy atom. The van der Waals surface area contributed by atoms with Crippen LogP contribution in [0.25, 0.3) is 0 Å². The first-order valence-corrected chi connectivity index (χ1v) is 25.0. The van der Waals surface area contributed by atoms with Crippen molar-refractivity contribution in [3.63, 3.8) is 0 Å². The van der Waals surface area contributed by atoms with Crippen LogP contribution in [0.15, 0.2) is 48.6 Å². The average molecular weight is 873 g/mol. The zero-order valence-corrected chi connectivity index (χ0v) is 38.1. The van der Waals surface area contributed by atoms with Gasteiger partial charge in [-0.2, -0.15) is 0 Å². The van der Waals surface area contributed by atoms with Gasteiger partial charge in [-0.3, -0.25) is 13.8 Å². The fourth-order valence-electron chi connectivity index (χ4n) is 7.02. The fourth-order valence-corrected chi connectivity index (χ4v) is 7.99. The van der Waals surface area contributed by atoms with Gasteiger partial charge in [-0.05, 0) is 38.5 Å². The van der Waals surface area contributed by atoms with Gasteiger partial charge in [-0.1, -0.05) is 184 Å². The third-order valence-corrected chi connectivity index (χ3v) is 11.7. The lowest BCUT2D eigenvalue weighted by Crippen LogP contribution is -2.64. The smallest absolute Gasteiger partial charge is 0.457 e. The molecule has 0 aromatic carbocycles. The van der Waals surface area contributed by atoms with Crippen LogP contribution < -0.4 is 0 Å². The van der Waals surface area contributed by atoms with Gasteiger partial charge in [0, 0.05) is 13.0 Å². The van der Waals surface area contributed by atoms with E-state index in [4.69, 9.17) is 18.5 Å². The molecule has 1 saturated carbocycles. The summed E-state index contributed by atoms with van der Waals surface area (Å²) < 4.78 is 34.1. The van der Waals surface area contributed by atoms with Crippen molar-refractivity contribution in [3.8, 4) is 0 Å². The predicted octanol–water partition coefficient (Wildman–Crippen LogP) is 9.64. The van der Waals surface area contributed by atoms with Gasteiger partial charge in [-0.15, -0.1) is 0 Å². The summed E-state index contributed by atoms with van der Waals surface area (Å²) in [6.45, 7) is 4.07. The summed E-state index contributed by atoms with van der Waals surface area (Å²) >= 11 is 0. The maximum atomic E-state index is 12.8. The Kier molecular flexibility index (Phi) is 35.5. The maximum Gasteiger partial charge on any atom is 0.472 e. The van der Waals surface area contributed by atoms with E-state index in [0.29, 0.717) is 13.0 Å². The van der Waals surface area contributed by atoms with Crippen LogP contribution >= 0.6 is 7.82 Å². The van der Waals surface area contributed by atoms with Gasteiger partial charge in [0.05, 0.1) is 13.2 Å². The van der Waals surface area contributed by atoms with Gasteiger partial charge in [0.25, 0.3) is 0 Å². The molecular formula is C47H85O12P. The minimum Gasteiger partial charge on any atom is -0.457 e. The first-order chi connectivity index (χ1) is 29.0.